The van der Waals surface area contributed by atoms with Crippen LogP contribution in [-0.4, -0.2) is 30.6 Å². The van der Waals surface area contributed by atoms with Crippen molar-refractivity contribution >= 4 is 5.97 Å². The monoisotopic (exact) mass is 208 g/mol. The highest BCUT2D eigenvalue weighted by Gasteiger charge is 2.35. The number of ether oxygens (including phenoxy) is 1. The molecule has 2 atom stereocenters. The van der Waals surface area contributed by atoms with Crippen LogP contribution >= 0.6 is 0 Å². The minimum absolute atomic E-state index is 0.0410. The molecule has 2 unspecified atom stereocenters. The maximum absolute atomic E-state index is 11.7. The molecule has 4 nitrogen and oxygen atoms in total. The third-order valence-electron chi connectivity index (χ3n) is 2.85. The first-order valence-electron chi connectivity index (χ1n) is 5.33. The lowest BCUT2D eigenvalue weighted by Gasteiger charge is -2.15. The van der Waals surface area contributed by atoms with E-state index in [0.29, 0.717) is 13.2 Å². The van der Waals surface area contributed by atoms with Crippen molar-refractivity contribution in [3.05, 3.63) is 24.0 Å². The molecule has 1 fully saturated rings. The first-order valence-corrected chi connectivity index (χ1v) is 5.33. The van der Waals surface area contributed by atoms with E-state index >= 15 is 0 Å². The fourth-order valence-corrected chi connectivity index (χ4v) is 2.09. The number of carbonyl (C=O) groups excluding carboxylic acids is 1. The van der Waals surface area contributed by atoms with Crippen molar-refractivity contribution < 1.29 is 9.53 Å². The average molecular weight is 208 g/mol. The van der Waals surface area contributed by atoms with Crippen molar-refractivity contribution in [3.8, 4) is 0 Å². The van der Waals surface area contributed by atoms with Crippen LogP contribution in [-0.2, 0) is 9.53 Å². The highest BCUT2D eigenvalue weighted by molar-refractivity contribution is 5.74. The number of aromatic amines is 1. The minimum Gasteiger partial charge on any atom is -0.466 e. The van der Waals surface area contributed by atoms with Crippen LogP contribution in [0.15, 0.2) is 18.5 Å². The van der Waals surface area contributed by atoms with E-state index in [0.717, 1.165) is 6.54 Å². The molecular formula is C11H16N2O2. The summed E-state index contributed by atoms with van der Waals surface area (Å²) in [6.07, 6.45) is 3.83. The summed E-state index contributed by atoms with van der Waals surface area (Å²) in [5.41, 5.74) is 1.18. The fourth-order valence-electron chi connectivity index (χ4n) is 2.09. The zero-order valence-corrected chi connectivity index (χ0v) is 8.82. The van der Waals surface area contributed by atoms with Gasteiger partial charge < -0.3 is 15.0 Å². The molecule has 1 aliphatic rings. The SMILES string of the molecule is CCOC(=O)C1CNCC1c1cc[nH]c1. The number of esters is 1. The van der Waals surface area contributed by atoms with Crippen LogP contribution < -0.4 is 5.32 Å². The van der Waals surface area contributed by atoms with Crippen LogP contribution in [0.3, 0.4) is 0 Å². The van der Waals surface area contributed by atoms with E-state index in [4.69, 9.17) is 4.74 Å². The summed E-state index contributed by atoms with van der Waals surface area (Å²) < 4.78 is 5.06. The van der Waals surface area contributed by atoms with E-state index in [2.05, 4.69) is 10.3 Å². The molecule has 0 saturated carbocycles. The summed E-state index contributed by atoms with van der Waals surface area (Å²) in [6, 6.07) is 2.02. The molecule has 15 heavy (non-hydrogen) atoms. The second-order valence-corrected chi connectivity index (χ2v) is 3.77. The number of rotatable bonds is 3. The quantitative estimate of drug-likeness (QED) is 0.725. The molecule has 1 aromatic heterocycles. The van der Waals surface area contributed by atoms with Gasteiger partial charge in [-0.1, -0.05) is 0 Å². The summed E-state index contributed by atoms with van der Waals surface area (Å²) in [7, 11) is 0. The van der Waals surface area contributed by atoms with Gasteiger partial charge in [0.05, 0.1) is 12.5 Å². The standard InChI is InChI=1S/C11H16N2O2/c1-2-15-11(14)10-7-13-6-9(10)8-3-4-12-5-8/h3-5,9-10,12-13H,2,6-7H2,1H3. The highest BCUT2D eigenvalue weighted by Crippen LogP contribution is 2.28. The van der Waals surface area contributed by atoms with Crippen LogP contribution in [0.4, 0.5) is 0 Å². The molecule has 4 heteroatoms. The number of H-pyrrole nitrogens is 1. The molecule has 2 heterocycles. The molecule has 1 aromatic rings. The van der Waals surface area contributed by atoms with Gasteiger partial charge in [0.2, 0.25) is 0 Å². The van der Waals surface area contributed by atoms with Crippen LogP contribution in [0, 0.1) is 5.92 Å². The number of carbonyl (C=O) groups is 1. The summed E-state index contributed by atoms with van der Waals surface area (Å²) in [6.45, 7) is 3.86. The van der Waals surface area contributed by atoms with Crippen LogP contribution in [0.2, 0.25) is 0 Å². The first kappa shape index (κ1) is 10.2. The van der Waals surface area contributed by atoms with Gasteiger partial charge in [-0.2, -0.15) is 0 Å². The molecule has 1 aliphatic heterocycles. The average Bonchev–Trinajstić information content (AvgIpc) is 2.88. The van der Waals surface area contributed by atoms with Gasteiger partial charge in [0, 0.05) is 31.4 Å². The Morgan fingerprint density at radius 3 is 3.13 bits per heavy atom. The fraction of sp³-hybridized carbons (Fsp3) is 0.545. The lowest BCUT2D eigenvalue weighted by Crippen LogP contribution is -2.23. The second kappa shape index (κ2) is 4.49. The predicted molar refractivity (Wildman–Crippen MR) is 56.5 cm³/mol. The Labute approximate surface area is 89.0 Å². The maximum Gasteiger partial charge on any atom is 0.310 e. The summed E-state index contributed by atoms with van der Waals surface area (Å²) in [4.78, 5) is 14.7. The van der Waals surface area contributed by atoms with Crippen LogP contribution in [0.1, 0.15) is 18.4 Å². The highest BCUT2D eigenvalue weighted by atomic mass is 16.5. The van der Waals surface area contributed by atoms with E-state index in [1.54, 1.807) is 0 Å². The zero-order valence-electron chi connectivity index (χ0n) is 8.82. The Morgan fingerprint density at radius 2 is 2.47 bits per heavy atom. The lowest BCUT2D eigenvalue weighted by molar-refractivity contribution is -0.147. The molecule has 82 valence electrons. The van der Waals surface area contributed by atoms with Gasteiger partial charge in [-0.25, -0.2) is 0 Å². The Balaban J connectivity index is 2.08. The van der Waals surface area contributed by atoms with Crippen LogP contribution in [0.5, 0.6) is 0 Å². The van der Waals surface area contributed by atoms with Crippen molar-refractivity contribution in [1.82, 2.24) is 10.3 Å². The van der Waals surface area contributed by atoms with Gasteiger partial charge in [-0.3, -0.25) is 4.79 Å². The Kier molecular flexibility index (Phi) is 3.06. The van der Waals surface area contributed by atoms with Crippen molar-refractivity contribution in [1.29, 1.82) is 0 Å². The van der Waals surface area contributed by atoms with Gasteiger partial charge >= 0.3 is 5.97 Å². The molecule has 0 aromatic carbocycles. The van der Waals surface area contributed by atoms with E-state index in [9.17, 15) is 4.79 Å². The molecular weight excluding hydrogens is 192 g/mol. The van der Waals surface area contributed by atoms with Crippen molar-refractivity contribution in [2.24, 2.45) is 5.92 Å². The van der Waals surface area contributed by atoms with Gasteiger partial charge in [-0.15, -0.1) is 0 Å². The molecule has 0 radical (unpaired) electrons. The normalized spacial score (nSPS) is 25.4. The molecule has 0 aliphatic carbocycles. The van der Waals surface area contributed by atoms with Gasteiger partial charge in [0.25, 0.3) is 0 Å². The van der Waals surface area contributed by atoms with Gasteiger partial charge in [-0.05, 0) is 18.6 Å². The smallest absolute Gasteiger partial charge is 0.310 e. The summed E-state index contributed by atoms with van der Waals surface area (Å²) in [5.74, 6) is 0.116. The zero-order chi connectivity index (χ0) is 10.7. The Bertz CT molecular complexity index is 321. The van der Waals surface area contributed by atoms with Gasteiger partial charge in [0.1, 0.15) is 0 Å². The number of hydrogen-bond acceptors (Lipinski definition) is 3. The van der Waals surface area contributed by atoms with Gasteiger partial charge in [0.15, 0.2) is 0 Å². The van der Waals surface area contributed by atoms with Crippen molar-refractivity contribution in [3.63, 3.8) is 0 Å². The second-order valence-electron chi connectivity index (χ2n) is 3.77. The molecule has 2 rings (SSSR count). The Hall–Kier alpha value is -1.29. The first-order chi connectivity index (χ1) is 7.33. The number of nitrogens with one attached hydrogen (secondary N) is 2. The molecule has 0 amide bonds. The largest absolute Gasteiger partial charge is 0.466 e. The third kappa shape index (κ3) is 2.04. The van der Waals surface area contributed by atoms with E-state index in [-0.39, 0.29) is 17.8 Å². The molecule has 1 saturated heterocycles. The van der Waals surface area contributed by atoms with E-state index in [1.807, 2.05) is 25.4 Å². The maximum atomic E-state index is 11.7. The topological polar surface area (TPSA) is 54.1 Å². The predicted octanol–water partition coefficient (Wildman–Crippen LogP) is 0.881. The summed E-state index contributed by atoms with van der Waals surface area (Å²) >= 11 is 0. The van der Waals surface area contributed by atoms with Crippen molar-refractivity contribution in [2.75, 3.05) is 19.7 Å². The Morgan fingerprint density at radius 1 is 1.60 bits per heavy atom. The summed E-state index contributed by atoms with van der Waals surface area (Å²) in [5, 5.41) is 3.24. The minimum atomic E-state index is -0.0892. The lowest BCUT2D eigenvalue weighted by atomic mass is 9.91. The molecule has 0 spiro atoms. The van der Waals surface area contributed by atoms with E-state index < -0.39 is 0 Å². The van der Waals surface area contributed by atoms with Crippen LogP contribution in [0.25, 0.3) is 0 Å². The number of hydrogen-bond donors (Lipinski definition) is 2. The molecule has 0 bridgehead atoms. The third-order valence-corrected chi connectivity index (χ3v) is 2.85. The van der Waals surface area contributed by atoms with E-state index in [1.165, 1.54) is 5.56 Å². The number of aromatic nitrogens is 1. The van der Waals surface area contributed by atoms with Crippen molar-refractivity contribution in [2.45, 2.75) is 12.8 Å². The molecule has 2 N–H and O–H groups in total.